The molecule has 0 aliphatic rings. The van der Waals surface area contributed by atoms with Crippen LogP contribution in [0.4, 0.5) is 11.4 Å². The van der Waals surface area contributed by atoms with Crippen LogP contribution in [-0.2, 0) is 0 Å². The Kier molecular flexibility index (Phi) is 4.54. The highest BCUT2D eigenvalue weighted by atomic mass is 79.9. The summed E-state index contributed by atoms with van der Waals surface area (Å²) < 4.78 is 5.89. The lowest BCUT2D eigenvalue weighted by Gasteiger charge is -2.10. The molecule has 2 rings (SSSR count). The van der Waals surface area contributed by atoms with E-state index in [1.165, 1.54) is 12.4 Å². The minimum atomic E-state index is -0.280. The Balaban J connectivity index is 2.21. The zero-order chi connectivity index (χ0) is 14.5. The van der Waals surface area contributed by atoms with Gasteiger partial charge in [0.1, 0.15) is 5.75 Å². The molecule has 0 spiro atoms. The van der Waals surface area contributed by atoms with Gasteiger partial charge in [0, 0.05) is 11.9 Å². The summed E-state index contributed by atoms with van der Waals surface area (Å²) in [5.74, 6) is 5.76. The van der Waals surface area contributed by atoms with E-state index in [-0.39, 0.29) is 5.91 Å². The number of aromatic nitrogens is 1. The van der Waals surface area contributed by atoms with Gasteiger partial charge in [0.25, 0.3) is 5.91 Å². The Bertz CT molecular complexity index is 634. The Labute approximate surface area is 124 Å². The maximum Gasteiger partial charge on any atom is 0.257 e. The number of benzene rings is 1. The van der Waals surface area contributed by atoms with Crippen molar-refractivity contribution >= 4 is 33.2 Å². The molecule has 1 heterocycles. The molecule has 0 saturated heterocycles. The van der Waals surface area contributed by atoms with Crippen LogP contribution in [-0.4, -0.2) is 18.0 Å². The van der Waals surface area contributed by atoms with Crippen LogP contribution < -0.4 is 21.3 Å². The maximum absolute atomic E-state index is 12.2. The van der Waals surface area contributed by atoms with Gasteiger partial charge in [0.15, 0.2) is 0 Å². The number of ether oxygens (including phenoxy) is 1. The van der Waals surface area contributed by atoms with Crippen LogP contribution >= 0.6 is 15.9 Å². The first-order valence-electron chi connectivity index (χ1n) is 5.71. The Morgan fingerprint density at radius 2 is 2.20 bits per heavy atom. The molecule has 0 fully saturated rings. The fourth-order valence-corrected chi connectivity index (χ4v) is 2.19. The predicted octanol–water partition coefficient (Wildman–Crippen LogP) is 2.39. The number of nitrogen functional groups attached to an aromatic ring is 1. The summed E-state index contributed by atoms with van der Waals surface area (Å²) in [6.45, 7) is 0. The summed E-state index contributed by atoms with van der Waals surface area (Å²) in [4.78, 5) is 16.1. The van der Waals surface area contributed by atoms with E-state index < -0.39 is 0 Å². The summed E-state index contributed by atoms with van der Waals surface area (Å²) in [5, 5.41) is 2.78. The number of hydrogen-bond donors (Lipinski definition) is 3. The summed E-state index contributed by atoms with van der Waals surface area (Å²) in [5.41, 5.74) is 3.95. The van der Waals surface area contributed by atoms with Gasteiger partial charge in [-0.25, -0.2) is 0 Å². The van der Waals surface area contributed by atoms with E-state index in [9.17, 15) is 4.79 Å². The average molecular weight is 337 g/mol. The lowest BCUT2D eigenvalue weighted by molar-refractivity contribution is 0.102. The van der Waals surface area contributed by atoms with Crippen LogP contribution in [0.15, 0.2) is 41.1 Å². The average Bonchev–Trinajstić information content (AvgIpc) is 2.47. The van der Waals surface area contributed by atoms with Gasteiger partial charge in [0.05, 0.1) is 29.0 Å². The van der Waals surface area contributed by atoms with Gasteiger partial charge in [-0.1, -0.05) is 0 Å². The molecule has 0 radical (unpaired) electrons. The number of hydrogen-bond acceptors (Lipinski definition) is 5. The zero-order valence-electron chi connectivity index (χ0n) is 10.7. The van der Waals surface area contributed by atoms with Crippen LogP contribution in [0.1, 0.15) is 10.4 Å². The molecule has 20 heavy (non-hydrogen) atoms. The van der Waals surface area contributed by atoms with E-state index in [1.54, 1.807) is 31.4 Å². The first-order valence-corrected chi connectivity index (χ1v) is 6.50. The molecule has 1 amide bonds. The van der Waals surface area contributed by atoms with Crippen molar-refractivity contribution < 1.29 is 9.53 Å². The molecule has 7 heteroatoms. The summed E-state index contributed by atoms with van der Waals surface area (Å²) in [7, 11) is 1.58. The number of nitrogens with two attached hydrogens (primary N) is 1. The maximum atomic E-state index is 12.2. The second-order valence-electron chi connectivity index (χ2n) is 3.87. The van der Waals surface area contributed by atoms with Crippen molar-refractivity contribution in [3.63, 3.8) is 0 Å². The first kappa shape index (κ1) is 14.3. The van der Waals surface area contributed by atoms with Crippen LogP contribution in [0.2, 0.25) is 0 Å². The molecular formula is C13H13BrN4O2. The Morgan fingerprint density at radius 3 is 2.85 bits per heavy atom. The minimum Gasteiger partial charge on any atom is -0.496 e. The number of pyridine rings is 1. The van der Waals surface area contributed by atoms with Gasteiger partial charge in [0.2, 0.25) is 0 Å². The molecule has 0 saturated carbocycles. The highest BCUT2D eigenvalue weighted by molar-refractivity contribution is 9.10. The second-order valence-corrected chi connectivity index (χ2v) is 4.72. The smallest absolute Gasteiger partial charge is 0.257 e. The van der Waals surface area contributed by atoms with Crippen LogP contribution in [0.25, 0.3) is 0 Å². The van der Waals surface area contributed by atoms with E-state index >= 15 is 0 Å². The normalized spacial score (nSPS) is 9.95. The third kappa shape index (κ3) is 3.06. The summed E-state index contributed by atoms with van der Waals surface area (Å²) in [6.07, 6.45) is 3.01. The van der Waals surface area contributed by atoms with Gasteiger partial charge in [-0.2, -0.15) is 0 Å². The van der Waals surface area contributed by atoms with Crippen molar-refractivity contribution in [1.82, 2.24) is 4.98 Å². The van der Waals surface area contributed by atoms with Crippen molar-refractivity contribution in [3.05, 3.63) is 46.7 Å². The number of carbonyl (C=O) groups excluding carboxylic acids is 1. The predicted molar refractivity (Wildman–Crippen MR) is 80.7 cm³/mol. The number of anilines is 2. The van der Waals surface area contributed by atoms with Crippen molar-refractivity contribution in [1.29, 1.82) is 0 Å². The molecule has 104 valence electrons. The molecule has 0 bridgehead atoms. The van der Waals surface area contributed by atoms with E-state index in [0.717, 1.165) is 4.47 Å². The van der Waals surface area contributed by atoms with Gasteiger partial charge in [-0.15, -0.1) is 0 Å². The molecule has 0 aliphatic heterocycles. The topological polar surface area (TPSA) is 89.3 Å². The zero-order valence-corrected chi connectivity index (χ0v) is 12.3. The number of rotatable bonds is 4. The monoisotopic (exact) mass is 336 g/mol. The molecule has 0 aliphatic carbocycles. The lowest BCUT2D eigenvalue weighted by atomic mass is 10.2. The molecule has 0 unspecified atom stereocenters. The summed E-state index contributed by atoms with van der Waals surface area (Å²) in [6, 6.07) is 6.85. The SMILES string of the molecule is COc1ccc(NC(=O)c2ccncc2NN)cc1Br. The molecule has 0 atom stereocenters. The first-order chi connectivity index (χ1) is 9.65. The molecule has 1 aromatic carbocycles. The Hall–Kier alpha value is -2.12. The van der Waals surface area contributed by atoms with Crippen LogP contribution in [0, 0.1) is 0 Å². The van der Waals surface area contributed by atoms with Gasteiger partial charge in [-0.05, 0) is 40.2 Å². The standard InChI is InChI=1S/C13H13BrN4O2/c1-20-12-3-2-8(6-10(12)14)17-13(19)9-4-5-16-7-11(9)18-15/h2-7,18H,15H2,1H3,(H,17,19). The Morgan fingerprint density at radius 1 is 1.40 bits per heavy atom. The second kappa shape index (κ2) is 6.36. The molecule has 2 aromatic rings. The third-order valence-corrected chi connectivity index (χ3v) is 3.25. The lowest BCUT2D eigenvalue weighted by Crippen LogP contribution is -2.17. The van der Waals surface area contributed by atoms with Gasteiger partial charge >= 0.3 is 0 Å². The number of amides is 1. The number of carbonyl (C=O) groups is 1. The fraction of sp³-hybridized carbons (Fsp3) is 0.0769. The van der Waals surface area contributed by atoms with Gasteiger partial charge < -0.3 is 15.5 Å². The fourth-order valence-electron chi connectivity index (χ4n) is 1.65. The quantitative estimate of drug-likeness (QED) is 0.589. The largest absolute Gasteiger partial charge is 0.496 e. The number of methoxy groups -OCH3 is 1. The number of hydrazine groups is 1. The third-order valence-electron chi connectivity index (χ3n) is 2.63. The van der Waals surface area contributed by atoms with E-state index in [2.05, 4.69) is 31.7 Å². The van der Waals surface area contributed by atoms with Crippen molar-refractivity contribution in [3.8, 4) is 5.75 Å². The van der Waals surface area contributed by atoms with Crippen LogP contribution in [0.5, 0.6) is 5.75 Å². The number of halogens is 1. The minimum absolute atomic E-state index is 0.280. The van der Waals surface area contributed by atoms with Crippen molar-refractivity contribution in [2.45, 2.75) is 0 Å². The summed E-state index contributed by atoms with van der Waals surface area (Å²) >= 11 is 3.36. The highest BCUT2D eigenvalue weighted by Crippen LogP contribution is 2.28. The number of nitrogens with one attached hydrogen (secondary N) is 2. The van der Waals surface area contributed by atoms with E-state index in [0.29, 0.717) is 22.7 Å². The van der Waals surface area contributed by atoms with Crippen LogP contribution in [0.3, 0.4) is 0 Å². The molecule has 4 N–H and O–H groups in total. The molecular weight excluding hydrogens is 324 g/mol. The molecule has 1 aromatic heterocycles. The molecule has 6 nitrogen and oxygen atoms in total. The van der Waals surface area contributed by atoms with Crippen molar-refractivity contribution in [2.75, 3.05) is 17.9 Å². The number of nitrogens with zero attached hydrogens (tertiary/aromatic N) is 1. The van der Waals surface area contributed by atoms with E-state index in [4.69, 9.17) is 10.6 Å². The highest BCUT2D eigenvalue weighted by Gasteiger charge is 2.11. The van der Waals surface area contributed by atoms with E-state index in [1.807, 2.05) is 0 Å². The van der Waals surface area contributed by atoms with Gasteiger partial charge in [-0.3, -0.25) is 15.6 Å². The van der Waals surface area contributed by atoms with Crippen molar-refractivity contribution in [2.24, 2.45) is 5.84 Å².